The molecule has 0 aliphatic rings. The number of hydrogen-bond donors (Lipinski definition) is 4. The highest BCUT2D eigenvalue weighted by atomic mass is 16.4. The van der Waals surface area contributed by atoms with Crippen LogP contribution in [-0.4, -0.2) is 35.2 Å². The maximum atomic E-state index is 9.55. The van der Waals surface area contributed by atoms with Gasteiger partial charge < -0.3 is 21.7 Å². The third-order valence-electron chi connectivity index (χ3n) is 1.48. The molecule has 0 aliphatic carbocycles. The largest absolute Gasteiger partial charge is 0.478 e. The van der Waals surface area contributed by atoms with E-state index in [0.29, 0.717) is 12.2 Å². The van der Waals surface area contributed by atoms with E-state index in [1.807, 2.05) is 0 Å². The van der Waals surface area contributed by atoms with E-state index in [9.17, 15) is 9.59 Å². The summed E-state index contributed by atoms with van der Waals surface area (Å²) in [6, 6.07) is 0. The number of carbonyl (C=O) groups is 2. The van der Waals surface area contributed by atoms with Gasteiger partial charge >= 0.3 is 11.9 Å². The van der Waals surface area contributed by atoms with Crippen LogP contribution in [0.4, 0.5) is 0 Å². The van der Waals surface area contributed by atoms with Gasteiger partial charge in [-0.2, -0.15) is 0 Å². The summed E-state index contributed by atoms with van der Waals surface area (Å²) in [6.45, 7) is 5.95. The first kappa shape index (κ1) is 21.8. The lowest BCUT2D eigenvalue weighted by molar-refractivity contribution is -0.134. The minimum atomic E-state index is -1.26. The van der Waals surface area contributed by atoms with Gasteiger partial charge in [-0.15, -0.1) is 0 Å². The Balaban J connectivity index is -0.000000197. The lowest BCUT2D eigenvalue weighted by Crippen LogP contribution is -1.95. The standard InChI is InChI=1S/2C4H11N.C4H4O4/c2*1-2-3-4-5;5-3(6)1-2-4(7)8/h2*2-5H2,1H3;1-2H,(H,5,6)(H,7,8)/b;;2-1-. The van der Waals surface area contributed by atoms with Gasteiger partial charge in [0, 0.05) is 12.2 Å². The van der Waals surface area contributed by atoms with Crippen molar-refractivity contribution < 1.29 is 19.8 Å². The van der Waals surface area contributed by atoms with Crippen molar-refractivity contribution in [2.45, 2.75) is 39.5 Å². The molecule has 0 unspecified atom stereocenters. The molecule has 18 heavy (non-hydrogen) atoms. The Labute approximate surface area is 109 Å². The molecule has 0 aliphatic heterocycles. The molecular weight excluding hydrogens is 236 g/mol. The van der Waals surface area contributed by atoms with E-state index < -0.39 is 11.9 Å². The van der Waals surface area contributed by atoms with Gasteiger partial charge in [0.05, 0.1) is 0 Å². The quantitative estimate of drug-likeness (QED) is 0.533. The number of nitrogens with two attached hydrogens (primary N) is 2. The molecule has 0 radical (unpaired) electrons. The molecule has 0 saturated heterocycles. The van der Waals surface area contributed by atoms with Crippen molar-refractivity contribution in [3.8, 4) is 0 Å². The van der Waals surface area contributed by atoms with Crippen molar-refractivity contribution in [1.29, 1.82) is 0 Å². The van der Waals surface area contributed by atoms with Gasteiger partial charge in [-0.05, 0) is 25.9 Å². The summed E-state index contributed by atoms with van der Waals surface area (Å²) in [4.78, 5) is 19.1. The Bertz CT molecular complexity index is 192. The highest BCUT2D eigenvalue weighted by Crippen LogP contribution is 1.77. The number of hydrogen-bond acceptors (Lipinski definition) is 4. The summed E-state index contributed by atoms with van der Waals surface area (Å²) in [6.07, 6.45) is 5.89. The smallest absolute Gasteiger partial charge is 0.328 e. The van der Waals surface area contributed by atoms with Gasteiger partial charge in [-0.25, -0.2) is 9.59 Å². The average Bonchev–Trinajstić information content (AvgIpc) is 2.30. The summed E-state index contributed by atoms with van der Waals surface area (Å²) in [7, 11) is 0. The van der Waals surface area contributed by atoms with Gasteiger partial charge in [0.15, 0.2) is 0 Å². The van der Waals surface area contributed by atoms with E-state index in [2.05, 4.69) is 13.8 Å². The molecule has 6 nitrogen and oxygen atoms in total. The van der Waals surface area contributed by atoms with Crippen molar-refractivity contribution in [2.75, 3.05) is 13.1 Å². The predicted molar refractivity (Wildman–Crippen MR) is 72.3 cm³/mol. The Hall–Kier alpha value is -1.40. The molecule has 0 atom stereocenters. The number of rotatable bonds is 6. The number of unbranched alkanes of at least 4 members (excludes halogenated alkanes) is 2. The molecular formula is C12H26N2O4. The van der Waals surface area contributed by atoms with Crippen LogP contribution in [0.5, 0.6) is 0 Å². The van der Waals surface area contributed by atoms with E-state index in [1.54, 1.807) is 0 Å². The summed E-state index contributed by atoms with van der Waals surface area (Å²) in [5.41, 5.74) is 10.3. The number of aliphatic carboxylic acids is 2. The van der Waals surface area contributed by atoms with Crippen LogP contribution in [-0.2, 0) is 9.59 Å². The van der Waals surface area contributed by atoms with Crippen LogP contribution >= 0.6 is 0 Å². The summed E-state index contributed by atoms with van der Waals surface area (Å²) in [5, 5.41) is 15.6. The van der Waals surface area contributed by atoms with Crippen molar-refractivity contribution in [2.24, 2.45) is 11.5 Å². The molecule has 0 bridgehead atoms. The Kier molecular flexibility index (Phi) is 25.4. The van der Waals surface area contributed by atoms with Crippen molar-refractivity contribution in [3.05, 3.63) is 12.2 Å². The highest BCUT2D eigenvalue weighted by molar-refractivity contribution is 5.89. The fourth-order valence-electron chi connectivity index (χ4n) is 0.551. The molecule has 0 aromatic rings. The fourth-order valence-corrected chi connectivity index (χ4v) is 0.551. The van der Waals surface area contributed by atoms with Crippen LogP contribution in [0.2, 0.25) is 0 Å². The minimum Gasteiger partial charge on any atom is -0.478 e. The molecule has 108 valence electrons. The lowest BCUT2D eigenvalue weighted by Gasteiger charge is -1.80. The lowest BCUT2D eigenvalue weighted by atomic mass is 10.3. The Morgan fingerprint density at radius 2 is 1.17 bits per heavy atom. The summed E-state index contributed by atoms with van der Waals surface area (Å²) >= 11 is 0. The molecule has 0 amide bonds. The zero-order chi connectivity index (χ0) is 14.8. The van der Waals surface area contributed by atoms with Crippen molar-refractivity contribution in [1.82, 2.24) is 0 Å². The van der Waals surface area contributed by atoms with E-state index in [1.165, 1.54) is 25.7 Å². The zero-order valence-corrected chi connectivity index (χ0v) is 11.3. The molecule has 0 heterocycles. The van der Waals surface area contributed by atoms with Crippen molar-refractivity contribution >= 4 is 11.9 Å². The molecule has 0 spiro atoms. The molecule has 0 rings (SSSR count). The van der Waals surface area contributed by atoms with Crippen LogP contribution in [0, 0.1) is 0 Å². The first-order chi connectivity index (χ1) is 8.45. The number of carboxylic acids is 2. The zero-order valence-electron chi connectivity index (χ0n) is 11.3. The van der Waals surface area contributed by atoms with Crippen LogP contribution < -0.4 is 11.5 Å². The molecule has 0 aromatic carbocycles. The van der Waals surface area contributed by atoms with Gasteiger partial charge in [0.2, 0.25) is 0 Å². The van der Waals surface area contributed by atoms with Gasteiger partial charge in [0.1, 0.15) is 0 Å². The van der Waals surface area contributed by atoms with Crippen molar-refractivity contribution in [3.63, 3.8) is 0 Å². The van der Waals surface area contributed by atoms with E-state index in [-0.39, 0.29) is 0 Å². The Morgan fingerprint density at radius 3 is 1.22 bits per heavy atom. The SMILES string of the molecule is CCCCN.CCCCN.O=C(O)/C=C\C(=O)O. The molecule has 6 heteroatoms. The van der Waals surface area contributed by atoms with Gasteiger partial charge in [-0.1, -0.05) is 26.7 Å². The average molecular weight is 262 g/mol. The van der Waals surface area contributed by atoms with Crippen LogP contribution in [0.15, 0.2) is 12.2 Å². The first-order valence-electron chi connectivity index (χ1n) is 6.00. The predicted octanol–water partition coefficient (Wildman–Crippen LogP) is 1.20. The molecule has 6 N–H and O–H groups in total. The molecule has 0 fully saturated rings. The maximum Gasteiger partial charge on any atom is 0.328 e. The van der Waals surface area contributed by atoms with Crippen LogP contribution in [0.25, 0.3) is 0 Å². The Morgan fingerprint density at radius 1 is 0.889 bits per heavy atom. The number of carboxylic acid groups (broad SMARTS) is 2. The highest BCUT2D eigenvalue weighted by Gasteiger charge is 1.88. The van der Waals surface area contributed by atoms with Crippen LogP contribution in [0.3, 0.4) is 0 Å². The topological polar surface area (TPSA) is 127 Å². The fraction of sp³-hybridized carbons (Fsp3) is 0.667. The minimum absolute atomic E-state index is 0.558. The molecule has 0 saturated carbocycles. The van der Waals surface area contributed by atoms with Gasteiger partial charge in [0.25, 0.3) is 0 Å². The maximum absolute atomic E-state index is 9.55. The van der Waals surface area contributed by atoms with E-state index >= 15 is 0 Å². The monoisotopic (exact) mass is 262 g/mol. The second-order valence-corrected chi connectivity index (χ2v) is 3.29. The normalized spacial score (nSPS) is 8.89. The van der Waals surface area contributed by atoms with E-state index in [0.717, 1.165) is 13.1 Å². The summed E-state index contributed by atoms with van der Waals surface area (Å²) < 4.78 is 0. The van der Waals surface area contributed by atoms with E-state index in [4.69, 9.17) is 21.7 Å². The second-order valence-electron chi connectivity index (χ2n) is 3.29. The first-order valence-corrected chi connectivity index (χ1v) is 6.00. The third-order valence-corrected chi connectivity index (χ3v) is 1.48. The summed E-state index contributed by atoms with van der Waals surface area (Å²) in [5.74, 6) is -2.51. The molecule has 0 aromatic heterocycles. The third kappa shape index (κ3) is 46.8. The van der Waals surface area contributed by atoms with Crippen LogP contribution in [0.1, 0.15) is 39.5 Å². The van der Waals surface area contributed by atoms with Gasteiger partial charge in [-0.3, -0.25) is 0 Å². The second kappa shape index (κ2) is 20.9.